The fraction of sp³-hybridized carbons (Fsp3) is 0.448. The van der Waals surface area contributed by atoms with Crippen LogP contribution in [0, 0.1) is 23.2 Å². The Balaban J connectivity index is 1.47. The molecular weight excluding hydrogens is 489 g/mol. The van der Waals surface area contributed by atoms with Crippen LogP contribution in [0.1, 0.15) is 43.6 Å². The monoisotopic (exact) mass is 522 g/mol. The second-order valence-electron chi connectivity index (χ2n) is 10.4. The van der Waals surface area contributed by atoms with E-state index in [1.807, 2.05) is 18.2 Å². The van der Waals surface area contributed by atoms with Gasteiger partial charge < -0.3 is 20.1 Å². The van der Waals surface area contributed by atoms with Crippen LogP contribution < -0.4 is 10.6 Å². The number of alkyl halides is 3. The van der Waals surface area contributed by atoms with Gasteiger partial charge in [-0.25, -0.2) is 0 Å². The normalized spacial score (nSPS) is 15.2. The lowest BCUT2D eigenvalue weighted by molar-refractivity contribution is -0.140. The molecule has 3 heterocycles. The molecule has 2 aromatic heterocycles. The van der Waals surface area contributed by atoms with E-state index < -0.39 is 18.1 Å². The molecule has 0 aliphatic carbocycles. The van der Waals surface area contributed by atoms with Crippen molar-refractivity contribution >= 4 is 16.6 Å². The minimum Gasteiger partial charge on any atom is -0.373 e. The highest BCUT2D eigenvalue weighted by atomic mass is 19.4. The van der Waals surface area contributed by atoms with E-state index in [4.69, 9.17) is 0 Å². The Labute approximate surface area is 221 Å². The highest BCUT2D eigenvalue weighted by Crippen LogP contribution is 2.26. The van der Waals surface area contributed by atoms with Gasteiger partial charge in [-0.1, -0.05) is 12.0 Å². The van der Waals surface area contributed by atoms with Gasteiger partial charge in [-0.05, 0) is 88.6 Å². The zero-order valence-electron chi connectivity index (χ0n) is 22.0. The molecule has 1 aliphatic heterocycles. The number of nitrogens with zero attached hydrogens (tertiary/aromatic N) is 4. The fourth-order valence-corrected chi connectivity index (χ4v) is 4.56. The molecule has 1 aliphatic rings. The molecule has 38 heavy (non-hydrogen) atoms. The van der Waals surface area contributed by atoms with Crippen LogP contribution in [-0.4, -0.2) is 53.4 Å². The largest absolute Gasteiger partial charge is 0.406 e. The Morgan fingerprint density at radius 3 is 2.53 bits per heavy atom. The first kappa shape index (κ1) is 27.5. The first-order valence-corrected chi connectivity index (χ1v) is 12.8. The smallest absolute Gasteiger partial charge is 0.373 e. The summed E-state index contributed by atoms with van der Waals surface area (Å²) < 4.78 is 41.4. The third kappa shape index (κ3) is 7.06. The molecule has 1 saturated heterocycles. The van der Waals surface area contributed by atoms with Crippen LogP contribution in [-0.2, 0) is 18.5 Å². The van der Waals surface area contributed by atoms with Crippen LogP contribution in [0.25, 0.3) is 10.9 Å². The summed E-state index contributed by atoms with van der Waals surface area (Å²) in [6.45, 7) is 5.54. The van der Waals surface area contributed by atoms with Crippen molar-refractivity contribution in [1.29, 1.82) is 5.26 Å². The minimum atomic E-state index is -4.36. The van der Waals surface area contributed by atoms with Crippen molar-refractivity contribution < 1.29 is 13.2 Å². The van der Waals surface area contributed by atoms with Crippen LogP contribution in [0.3, 0.4) is 0 Å². The van der Waals surface area contributed by atoms with Gasteiger partial charge in [-0.2, -0.15) is 18.4 Å². The molecule has 0 atom stereocenters. The predicted molar refractivity (Wildman–Crippen MR) is 144 cm³/mol. The van der Waals surface area contributed by atoms with Gasteiger partial charge in [0.15, 0.2) is 0 Å². The van der Waals surface area contributed by atoms with E-state index >= 15 is 0 Å². The molecule has 0 radical (unpaired) electrons. The van der Waals surface area contributed by atoms with E-state index in [1.54, 1.807) is 38.2 Å². The van der Waals surface area contributed by atoms with Crippen LogP contribution in [0.5, 0.6) is 0 Å². The molecule has 0 spiro atoms. The summed E-state index contributed by atoms with van der Waals surface area (Å²) in [6.07, 6.45) is -0.559. The van der Waals surface area contributed by atoms with Crippen LogP contribution >= 0.6 is 0 Å². The van der Waals surface area contributed by atoms with Gasteiger partial charge in [-0.15, -0.1) is 0 Å². The minimum absolute atomic E-state index is 0.238. The summed E-state index contributed by atoms with van der Waals surface area (Å²) >= 11 is 0. The third-order valence-electron chi connectivity index (χ3n) is 6.90. The summed E-state index contributed by atoms with van der Waals surface area (Å²) in [5.74, 6) is 5.85. The predicted octanol–water partition coefficient (Wildman–Crippen LogP) is 5.05. The molecular formula is C29H33F3N6. The molecule has 2 N–H and O–H groups in total. The number of fused-ring (bicyclic) bond motifs is 1. The van der Waals surface area contributed by atoms with Gasteiger partial charge in [0.2, 0.25) is 0 Å². The molecule has 0 unspecified atom stereocenters. The number of piperidine rings is 1. The maximum absolute atomic E-state index is 13.4. The van der Waals surface area contributed by atoms with Gasteiger partial charge in [0.25, 0.3) is 0 Å². The number of hydrogen-bond acceptors (Lipinski definition) is 5. The fourth-order valence-electron chi connectivity index (χ4n) is 4.56. The zero-order chi connectivity index (χ0) is 27.3. The average Bonchev–Trinajstić information content (AvgIpc) is 3.21. The van der Waals surface area contributed by atoms with E-state index in [1.165, 1.54) is 4.57 Å². The van der Waals surface area contributed by atoms with Gasteiger partial charge in [-0.3, -0.25) is 4.98 Å². The SMILES string of the molecule is CN1CCC(NCc2ccc3c(c2)cc(C#CCNc2ccc(C(C)(C)C#N)nc2)n3CC(F)(F)F)CC1. The zero-order valence-corrected chi connectivity index (χ0v) is 22.0. The molecule has 1 fully saturated rings. The van der Waals surface area contributed by atoms with Crippen molar-refractivity contribution in [2.45, 2.75) is 57.4 Å². The van der Waals surface area contributed by atoms with Crippen LogP contribution in [0.15, 0.2) is 42.6 Å². The number of aromatic nitrogens is 2. The first-order chi connectivity index (χ1) is 18.0. The topological polar surface area (TPSA) is 68.9 Å². The molecule has 4 rings (SSSR count). The standard InChI is InChI=1S/C29H33F3N6/c1-28(2,19-33)27-9-7-24(18-36-27)34-12-4-5-25-16-22-15-21(17-35-23-10-13-37(3)14-11-23)6-8-26(22)38(25)20-29(30,31)32/h6-9,15-16,18,23,34-35H,10-14,17,20H2,1-3H3. The van der Waals surface area contributed by atoms with Crippen LogP contribution in [0.4, 0.5) is 18.9 Å². The maximum Gasteiger partial charge on any atom is 0.406 e. The summed E-state index contributed by atoms with van der Waals surface area (Å²) in [7, 11) is 2.12. The Kier molecular flexibility index (Phi) is 8.30. The van der Waals surface area contributed by atoms with Crippen molar-refractivity contribution in [3.63, 3.8) is 0 Å². The molecule has 0 amide bonds. The van der Waals surface area contributed by atoms with Gasteiger partial charge in [0.1, 0.15) is 6.54 Å². The Hall–Kier alpha value is -3.53. The number of likely N-dealkylation sites (tertiary alicyclic amines) is 1. The van der Waals surface area contributed by atoms with Crippen LogP contribution in [0.2, 0.25) is 0 Å². The number of rotatable bonds is 7. The van der Waals surface area contributed by atoms with Gasteiger partial charge in [0, 0.05) is 23.5 Å². The summed E-state index contributed by atoms with van der Waals surface area (Å²) in [6, 6.07) is 13.6. The number of anilines is 1. The second-order valence-corrected chi connectivity index (χ2v) is 10.4. The van der Waals surface area contributed by atoms with E-state index in [-0.39, 0.29) is 6.54 Å². The van der Waals surface area contributed by atoms with Gasteiger partial charge in [0.05, 0.1) is 41.3 Å². The maximum atomic E-state index is 13.4. The molecule has 200 valence electrons. The van der Waals surface area contributed by atoms with Crippen molar-refractivity contribution in [3.8, 4) is 17.9 Å². The third-order valence-corrected chi connectivity index (χ3v) is 6.90. The first-order valence-electron chi connectivity index (χ1n) is 12.8. The average molecular weight is 523 g/mol. The molecule has 9 heteroatoms. The number of halogens is 3. The van der Waals surface area contributed by atoms with E-state index in [2.05, 4.69) is 45.5 Å². The molecule has 1 aromatic carbocycles. The quantitative estimate of drug-likeness (QED) is 0.425. The van der Waals surface area contributed by atoms with E-state index in [9.17, 15) is 18.4 Å². The summed E-state index contributed by atoms with van der Waals surface area (Å²) in [5, 5.41) is 16.7. The second kappa shape index (κ2) is 11.5. The van der Waals surface area contributed by atoms with E-state index in [0.717, 1.165) is 42.6 Å². The Morgan fingerprint density at radius 2 is 1.87 bits per heavy atom. The summed E-state index contributed by atoms with van der Waals surface area (Å²) in [5.41, 5.74) is 2.57. The van der Waals surface area contributed by atoms with Crippen molar-refractivity contribution in [3.05, 3.63) is 59.5 Å². The number of pyridine rings is 1. The van der Waals surface area contributed by atoms with Crippen molar-refractivity contribution in [2.24, 2.45) is 0 Å². The molecule has 3 aromatic rings. The van der Waals surface area contributed by atoms with E-state index in [0.29, 0.717) is 29.5 Å². The lowest BCUT2D eigenvalue weighted by Crippen LogP contribution is -2.40. The molecule has 0 bridgehead atoms. The highest BCUT2D eigenvalue weighted by Gasteiger charge is 2.29. The highest BCUT2D eigenvalue weighted by molar-refractivity contribution is 5.83. The lowest BCUT2D eigenvalue weighted by Gasteiger charge is -2.29. The van der Waals surface area contributed by atoms with Crippen molar-refractivity contribution in [2.75, 3.05) is 32.0 Å². The Morgan fingerprint density at radius 1 is 1.11 bits per heavy atom. The molecule has 6 nitrogen and oxygen atoms in total. The number of benzene rings is 1. The number of nitriles is 1. The lowest BCUT2D eigenvalue weighted by atomic mass is 9.91. The summed E-state index contributed by atoms with van der Waals surface area (Å²) in [4.78, 5) is 6.64. The number of nitrogens with one attached hydrogen (secondary N) is 2. The Bertz CT molecular complexity index is 1350. The van der Waals surface area contributed by atoms with Crippen molar-refractivity contribution in [1.82, 2.24) is 19.8 Å². The molecule has 0 saturated carbocycles. The number of hydrogen-bond donors (Lipinski definition) is 2. The van der Waals surface area contributed by atoms with Gasteiger partial charge >= 0.3 is 6.18 Å².